The van der Waals surface area contributed by atoms with E-state index in [4.69, 9.17) is 0 Å². The molecule has 0 spiro atoms. The first-order chi connectivity index (χ1) is 14.4. The zero-order chi connectivity index (χ0) is 19.7. The molecule has 2 fully saturated rings. The van der Waals surface area contributed by atoms with Gasteiger partial charge in [-0.2, -0.15) is 0 Å². The van der Waals surface area contributed by atoms with E-state index < -0.39 is 0 Å². The maximum Gasteiger partial charge on any atom is 0.0217 e. The Hall–Kier alpha value is -1.68. The fourth-order valence-electron chi connectivity index (χ4n) is 4.97. The van der Waals surface area contributed by atoms with Crippen LogP contribution in [0.15, 0.2) is 60.7 Å². The molecule has 0 amide bonds. The van der Waals surface area contributed by atoms with Crippen LogP contribution in [0.25, 0.3) is 0 Å². The zero-order valence-corrected chi connectivity index (χ0v) is 17.8. The van der Waals surface area contributed by atoms with Gasteiger partial charge >= 0.3 is 0 Å². The quantitative estimate of drug-likeness (QED) is 0.641. The summed E-state index contributed by atoms with van der Waals surface area (Å²) in [7, 11) is 0. The molecule has 3 heteroatoms. The Morgan fingerprint density at radius 2 is 1.34 bits per heavy atom. The van der Waals surface area contributed by atoms with Gasteiger partial charge in [-0.15, -0.1) is 0 Å². The van der Waals surface area contributed by atoms with Crippen LogP contribution < -0.4 is 5.32 Å². The number of hydrogen-bond acceptors (Lipinski definition) is 3. The molecule has 3 nitrogen and oxygen atoms in total. The Balaban J connectivity index is 1.24. The summed E-state index contributed by atoms with van der Waals surface area (Å²) >= 11 is 0. The molecule has 29 heavy (non-hydrogen) atoms. The van der Waals surface area contributed by atoms with Gasteiger partial charge in [0.15, 0.2) is 0 Å². The van der Waals surface area contributed by atoms with Crippen LogP contribution in [0.4, 0.5) is 0 Å². The fraction of sp³-hybridized carbons (Fsp3) is 0.538. The smallest absolute Gasteiger partial charge is 0.0217 e. The number of hydrogen-bond donors (Lipinski definition) is 1. The minimum absolute atomic E-state index is 0.461. The van der Waals surface area contributed by atoms with Gasteiger partial charge < -0.3 is 15.1 Å². The highest BCUT2D eigenvalue weighted by Crippen LogP contribution is 2.27. The Kier molecular flexibility index (Phi) is 7.75. The molecule has 2 saturated heterocycles. The maximum absolute atomic E-state index is 3.83. The van der Waals surface area contributed by atoms with E-state index in [1.807, 2.05) is 0 Å². The van der Waals surface area contributed by atoms with E-state index in [1.54, 1.807) is 0 Å². The molecule has 0 bridgehead atoms. The Bertz CT molecular complexity index is 649. The lowest BCUT2D eigenvalue weighted by molar-refractivity contribution is 0.192. The Morgan fingerprint density at radius 3 is 1.93 bits per heavy atom. The van der Waals surface area contributed by atoms with Crippen molar-refractivity contribution < 1.29 is 0 Å². The number of nitrogens with zero attached hydrogens (tertiary/aromatic N) is 2. The van der Waals surface area contributed by atoms with Gasteiger partial charge in [0.1, 0.15) is 0 Å². The molecule has 0 radical (unpaired) electrons. The minimum atomic E-state index is 0.461. The molecule has 0 aliphatic carbocycles. The second-order valence-corrected chi connectivity index (χ2v) is 8.81. The lowest BCUT2D eigenvalue weighted by atomic mass is 9.90. The highest BCUT2D eigenvalue weighted by Gasteiger charge is 2.23. The van der Waals surface area contributed by atoms with E-state index in [1.165, 1.54) is 82.5 Å². The van der Waals surface area contributed by atoms with E-state index >= 15 is 0 Å². The van der Waals surface area contributed by atoms with Gasteiger partial charge in [0.05, 0.1) is 0 Å². The highest BCUT2D eigenvalue weighted by molar-refractivity contribution is 5.32. The van der Waals surface area contributed by atoms with Crippen molar-refractivity contribution in [3.8, 4) is 0 Å². The van der Waals surface area contributed by atoms with Crippen LogP contribution in [0.5, 0.6) is 0 Å². The topological polar surface area (TPSA) is 18.5 Å². The van der Waals surface area contributed by atoms with E-state index in [9.17, 15) is 0 Å². The molecule has 4 rings (SSSR count). The van der Waals surface area contributed by atoms with Crippen LogP contribution in [-0.4, -0.2) is 61.7 Å². The molecule has 0 unspecified atom stereocenters. The Labute approximate surface area is 177 Å². The molecule has 0 atom stereocenters. The molecule has 0 saturated carbocycles. The van der Waals surface area contributed by atoms with Crippen LogP contribution in [0.2, 0.25) is 0 Å². The lowest BCUT2D eigenvalue weighted by Gasteiger charge is -2.35. The van der Waals surface area contributed by atoms with Gasteiger partial charge in [0, 0.05) is 18.5 Å². The largest absolute Gasteiger partial charge is 0.314 e. The van der Waals surface area contributed by atoms with Crippen molar-refractivity contribution >= 4 is 0 Å². The number of rotatable bonds is 9. The number of nitrogens with one attached hydrogen (secondary N) is 1. The van der Waals surface area contributed by atoms with Gasteiger partial charge in [0.2, 0.25) is 0 Å². The zero-order valence-electron chi connectivity index (χ0n) is 17.8. The van der Waals surface area contributed by atoms with Crippen molar-refractivity contribution in [2.24, 2.45) is 0 Å². The second kappa shape index (κ2) is 10.9. The van der Waals surface area contributed by atoms with Crippen molar-refractivity contribution in [2.45, 2.75) is 44.1 Å². The van der Waals surface area contributed by atoms with Crippen LogP contribution in [-0.2, 0) is 0 Å². The van der Waals surface area contributed by atoms with E-state index in [0.29, 0.717) is 12.0 Å². The Morgan fingerprint density at radius 1 is 0.759 bits per heavy atom. The van der Waals surface area contributed by atoms with E-state index in [-0.39, 0.29) is 0 Å². The molecule has 1 N–H and O–H groups in total. The van der Waals surface area contributed by atoms with Gasteiger partial charge in [-0.3, -0.25) is 0 Å². The summed E-state index contributed by atoms with van der Waals surface area (Å²) in [5.74, 6) is 0.461. The molecular weight excluding hydrogens is 354 g/mol. The summed E-state index contributed by atoms with van der Waals surface area (Å²) in [6, 6.07) is 22.8. The second-order valence-electron chi connectivity index (χ2n) is 8.81. The summed E-state index contributed by atoms with van der Waals surface area (Å²) in [5.41, 5.74) is 2.86. The van der Waals surface area contributed by atoms with Crippen LogP contribution >= 0.6 is 0 Å². The lowest BCUT2D eigenvalue weighted by Crippen LogP contribution is -2.44. The summed E-state index contributed by atoms with van der Waals surface area (Å²) in [6.07, 6.45) is 6.65. The van der Waals surface area contributed by atoms with Gasteiger partial charge in [-0.1, -0.05) is 60.7 Å². The fourth-order valence-corrected chi connectivity index (χ4v) is 4.97. The van der Waals surface area contributed by atoms with Crippen molar-refractivity contribution in [2.75, 3.05) is 45.8 Å². The first-order valence-electron chi connectivity index (χ1n) is 11.7. The first-order valence-corrected chi connectivity index (χ1v) is 11.7. The van der Waals surface area contributed by atoms with Gasteiger partial charge in [0.25, 0.3) is 0 Å². The van der Waals surface area contributed by atoms with Crippen LogP contribution in [0.1, 0.15) is 49.1 Å². The molecule has 2 aliphatic rings. The maximum atomic E-state index is 3.83. The third kappa shape index (κ3) is 6.15. The minimum Gasteiger partial charge on any atom is -0.314 e. The average molecular weight is 392 g/mol. The number of benzene rings is 2. The van der Waals surface area contributed by atoms with Crippen molar-refractivity contribution in [3.05, 3.63) is 71.8 Å². The SMILES string of the molecule is c1ccc(C(CN2CCC(NCCCN3CCCC3)CC2)c2ccccc2)cc1. The summed E-state index contributed by atoms with van der Waals surface area (Å²) in [6.45, 7) is 8.64. The molecule has 156 valence electrons. The predicted molar refractivity (Wildman–Crippen MR) is 122 cm³/mol. The number of piperidine rings is 1. The third-order valence-electron chi connectivity index (χ3n) is 6.72. The van der Waals surface area contributed by atoms with Crippen molar-refractivity contribution in [1.82, 2.24) is 15.1 Å². The van der Waals surface area contributed by atoms with Crippen molar-refractivity contribution in [3.63, 3.8) is 0 Å². The predicted octanol–water partition coefficient (Wildman–Crippen LogP) is 4.36. The molecule has 2 heterocycles. The normalized spacial score (nSPS) is 19.2. The molecule has 2 aromatic rings. The van der Waals surface area contributed by atoms with E-state index in [2.05, 4.69) is 75.8 Å². The summed E-state index contributed by atoms with van der Waals surface area (Å²) < 4.78 is 0. The average Bonchev–Trinajstić information content (AvgIpc) is 3.31. The number of likely N-dealkylation sites (tertiary alicyclic amines) is 2. The van der Waals surface area contributed by atoms with Crippen LogP contribution in [0.3, 0.4) is 0 Å². The highest BCUT2D eigenvalue weighted by atomic mass is 15.2. The van der Waals surface area contributed by atoms with Gasteiger partial charge in [-0.25, -0.2) is 0 Å². The molecule has 0 aromatic heterocycles. The molecule has 2 aliphatic heterocycles. The summed E-state index contributed by atoms with van der Waals surface area (Å²) in [4.78, 5) is 5.30. The standard InChI is InChI=1S/C26H37N3/c1-3-10-23(11-4-1)26(24-12-5-2-6-13-24)22-29-20-14-25(15-21-29)27-16-9-19-28-17-7-8-18-28/h1-6,10-13,25-27H,7-9,14-22H2. The van der Waals surface area contributed by atoms with Crippen molar-refractivity contribution in [1.29, 1.82) is 0 Å². The van der Waals surface area contributed by atoms with Gasteiger partial charge in [-0.05, 0) is 82.5 Å². The first kappa shape index (κ1) is 20.6. The van der Waals surface area contributed by atoms with Crippen LogP contribution in [0, 0.1) is 0 Å². The molecule has 2 aromatic carbocycles. The monoisotopic (exact) mass is 391 g/mol. The third-order valence-corrected chi connectivity index (χ3v) is 6.72. The summed E-state index contributed by atoms with van der Waals surface area (Å²) in [5, 5.41) is 3.83. The van der Waals surface area contributed by atoms with E-state index in [0.717, 1.165) is 6.54 Å². The molecular formula is C26H37N3.